The van der Waals surface area contributed by atoms with Crippen LogP contribution < -0.4 is 0 Å². The van der Waals surface area contributed by atoms with Crippen molar-refractivity contribution in [3.05, 3.63) is 57.1 Å². The first-order valence-corrected chi connectivity index (χ1v) is 10.7. The van der Waals surface area contributed by atoms with Crippen LogP contribution in [0.25, 0.3) is 0 Å². The van der Waals surface area contributed by atoms with E-state index >= 15 is 0 Å². The number of aliphatic hydroxyl groups is 1. The first-order valence-electron chi connectivity index (χ1n) is 9.95. The predicted molar refractivity (Wildman–Crippen MR) is 111 cm³/mol. The number of nitrogens with zero attached hydrogens (tertiary/aromatic N) is 2. The van der Waals surface area contributed by atoms with Gasteiger partial charge in [0.15, 0.2) is 0 Å². The van der Waals surface area contributed by atoms with Gasteiger partial charge in [0.1, 0.15) is 0 Å². The third-order valence-electron chi connectivity index (χ3n) is 5.86. The molecule has 3 aliphatic rings. The van der Waals surface area contributed by atoms with Crippen LogP contribution in [0.5, 0.6) is 0 Å². The fourth-order valence-electron chi connectivity index (χ4n) is 4.47. The maximum absolute atomic E-state index is 13.0. The summed E-state index contributed by atoms with van der Waals surface area (Å²) in [5, 5.41) is 10.7. The third kappa shape index (κ3) is 4.36. The van der Waals surface area contributed by atoms with E-state index in [-0.39, 0.29) is 5.91 Å². The number of carbonyl (C=O) groups is 1. The van der Waals surface area contributed by atoms with Gasteiger partial charge in [0.05, 0.1) is 6.10 Å². The molecule has 27 heavy (non-hydrogen) atoms. The van der Waals surface area contributed by atoms with E-state index in [1.807, 2.05) is 4.90 Å². The molecule has 0 saturated carbocycles. The zero-order valence-electron chi connectivity index (χ0n) is 15.7. The van der Waals surface area contributed by atoms with Crippen molar-refractivity contribution >= 4 is 21.8 Å². The average Bonchev–Trinajstić information content (AvgIpc) is 2.80. The number of halogens is 1. The summed E-state index contributed by atoms with van der Waals surface area (Å²) in [6.45, 7) is 3.64. The van der Waals surface area contributed by atoms with Crippen molar-refractivity contribution in [3.63, 3.8) is 0 Å². The van der Waals surface area contributed by atoms with Crippen molar-refractivity contribution in [2.75, 3.05) is 26.2 Å². The number of aliphatic hydroxyl groups excluding tert-OH is 1. The van der Waals surface area contributed by atoms with Gasteiger partial charge in [-0.15, -0.1) is 0 Å². The van der Waals surface area contributed by atoms with Crippen LogP contribution in [0, 0.1) is 0 Å². The molecule has 1 aromatic rings. The lowest BCUT2D eigenvalue weighted by Crippen LogP contribution is -2.44. The molecule has 1 aromatic carbocycles. The molecule has 144 valence electrons. The maximum Gasteiger partial charge on any atom is 0.250 e. The zero-order chi connectivity index (χ0) is 18.8. The van der Waals surface area contributed by atoms with Crippen LogP contribution in [0.4, 0.5) is 0 Å². The predicted octanol–water partition coefficient (Wildman–Crippen LogP) is 3.40. The minimum Gasteiger partial charge on any atom is -0.390 e. The van der Waals surface area contributed by atoms with Gasteiger partial charge in [0.25, 0.3) is 0 Å². The average molecular weight is 431 g/mol. The molecule has 5 heteroatoms. The summed E-state index contributed by atoms with van der Waals surface area (Å²) in [4.78, 5) is 17.2. The molecule has 0 aromatic heterocycles. The van der Waals surface area contributed by atoms with Crippen LogP contribution in [0.1, 0.15) is 36.8 Å². The highest BCUT2D eigenvalue weighted by Gasteiger charge is 2.28. The van der Waals surface area contributed by atoms with Gasteiger partial charge in [0, 0.05) is 38.3 Å². The van der Waals surface area contributed by atoms with Gasteiger partial charge in [0.2, 0.25) is 5.91 Å². The highest BCUT2D eigenvalue weighted by Crippen LogP contribution is 2.32. The van der Waals surface area contributed by atoms with Gasteiger partial charge in [-0.3, -0.25) is 9.69 Å². The maximum atomic E-state index is 13.0. The van der Waals surface area contributed by atoms with Crippen molar-refractivity contribution < 1.29 is 9.90 Å². The Morgan fingerprint density at radius 3 is 2.70 bits per heavy atom. The molecule has 1 N–H and O–H groups in total. The van der Waals surface area contributed by atoms with Gasteiger partial charge >= 0.3 is 0 Å². The van der Waals surface area contributed by atoms with E-state index < -0.39 is 6.10 Å². The molecule has 1 aliphatic carbocycles. The van der Waals surface area contributed by atoms with Crippen molar-refractivity contribution in [1.82, 2.24) is 9.80 Å². The van der Waals surface area contributed by atoms with Crippen LogP contribution in [0.15, 0.2) is 46.0 Å². The van der Waals surface area contributed by atoms with Crippen molar-refractivity contribution in [2.24, 2.45) is 0 Å². The summed E-state index contributed by atoms with van der Waals surface area (Å²) >= 11 is 3.57. The quantitative estimate of drug-likeness (QED) is 0.795. The molecule has 0 radical (unpaired) electrons. The molecular formula is C22H27BrN2O2. The molecule has 0 fully saturated rings. The van der Waals surface area contributed by atoms with Gasteiger partial charge in [-0.25, -0.2) is 0 Å². The van der Waals surface area contributed by atoms with Crippen molar-refractivity contribution in [3.8, 4) is 0 Å². The molecule has 0 bridgehead atoms. The van der Waals surface area contributed by atoms with Gasteiger partial charge in [-0.2, -0.15) is 0 Å². The molecule has 4 nitrogen and oxygen atoms in total. The van der Waals surface area contributed by atoms with Crippen LogP contribution in [0.3, 0.4) is 0 Å². The first-order chi connectivity index (χ1) is 13.1. The number of fused-ring (bicyclic) bond motifs is 1. The van der Waals surface area contributed by atoms with Gasteiger partial charge < -0.3 is 10.0 Å². The number of β-amino-alcohol motifs (C(OH)–C–C–N with tert-alkyl or cyclic N) is 1. The Morgan fingerprint density at radius 1 is 1.04 bits per heavy atom. The van der Waals surface area contributed by atoms with E-state index in [1.165, 1.54) is 21.2 Å². The monoisotopic (exact) mass is 430 g/mol. The summed E-state index contributed by atoms with van der Waals surface area (Å²) < 4.78 is 1.19. The summed E-state index contributed by atoms with van der Waals surface area (Å²) in [7, 11) is 0. The molecule has 0 unspecified atom stereocenters. The standard InChI is InChI=1S/C22H27BrN2O2/c23-19-7-8-21-17(12-19)6-3-10-25(22(21)27)15-20(26)14-24-11-9-16-4-1-2-5-18(16)13-24/h1-2,4-5,12,20,26H,3,6-11,13-15H2/t20-/m1/s1. The number of carbonyl (C=O) groups excluding carboxylic acids is 1. The van der Waals surface area contributed by atoms with E-state index in [4.69, 9.17) is 0 Å². The Bertz CT molecular complexity index is 786. The number of benzene rings is 1. The smallest absolute Gasteiger partial charge is 0.250 e. The molecule has 2 aliphatic heterocycles. The Balaban J connectivity index is 1.37. The molecule has 2 heterocycles. The lowest BCUT2D eigenvalue weighted by Gasteiger charge is -2.32. The van der Waals surface area contributed by atoms with E-state index in [0.717, 1.165) is 57.3 Å². The second-order valence-electron chi connectivity index (χ2n) is 7.86. The Labute approximate surface area is 169 Å². The fourth-order valence-corrected chi connectivity index (χ4v) is 4.94. The normalized spacial score (nSPS) is 22.1. The topological polar surface area (TPSA) is 43.8 Å². The molecular weight excluding hydrogens is 404 g/mol. The van der Waals surface area contributed by atoms with Gasteiger partial charge in [-0.05, 0) is 59.4 Å². The first kappa shape index (κ1) is 18.9. The van der Waals surface area contributed by atoms with Crippen LogP contribution in [-0.4, -0.2) is 53.1 Å². The Kier molecular flexibility index (Phi) is 5.81. The zero-order valence-corrected chi connectivity index (χ0v) is 17.2. The van der Waals surface area contributed by atoms with E-state index in [9.17, 15) is 9.90 Å². The number of rotatable bonds is 4. The summed E-state index contributed by atoms with van der Waals surface area (Å²) in [5.74, 6) is 0.127. The molecule has 0 saturated heterocycles. The minimum atomic E-state index is -0.507. The van der Waals surface area contributed by atoms with Crippen LogP contribution in [0.2, 0.25) is 0 Å². The molecule has 1 amide bonds. The number of hydrogen-bond acceptors (Lipinski definition) is 3. The number of allylic oxidation sites excluding steroid dienone is 3. The molecule has 1 atom stereocenters. The highest BCUT2D eigenvalue weighted by atomic mass is 79.9. The lowest BCUT2D eigenvalue weighted by molar-refractivity contribution is -0.128. The Morgan fingerprint density at radius 2 is 1.85 bits per heavy atom. The second kappa shape index (κ2) is 8.29. The second-order valence-corrected chi connectivity index (χ2v) is 8.88. The third-order valence-corrected chi connectivity index (χ3v) is 6.49. The molecule has 4 rings (SSSR count). The number of amides is 1. The summed E-state index contributed by atoms with van der Waals surface area (Å²) in [5.41, 5.74) is 4.91. The van der Waals surface area contributed by atoms with Crippen molar-refractivity contribution in [2.45, 2.75) is 44.8 Å². The molecule has 0 spiro atoms. The fraction of sp³-hybridized carbons (Fsp3) is 0.500. The van der Waals surface area contributed by atoms with Crippen molar-refractivity contribution in [1.29, 1.82) is 0 Å². The lowest BCUT2D eigenvalue weighted by atomic mass is 9.95. The minimum absolute atomic E-state index is 0.127. The van der Waals surface area contributed by atoms with Gasteiger partial charge in [-0.1, -0.05) is 40.2 Å². The summed E-state index contributed by atoms with van der Waals surface area (Å²) in [6.07, 6.45) is 6.27. The SMILES string of the molecule is O=C1C2=C(C=C(Br)CC2)CCCN1C[C@H](O)CN1CCc2ccccc2C1. The summed E-state index contributed by atoms with van der Waals surface area (Å²) in [6, 6.07) is 8.55. The largest absolute Gasteiger partial charge is 0.390 e. The van der Waals surface area contributed by atoms with E-state index in [0.29, 0.717) is 13.1 Å². The van der Waals surface area contributed by atoms with E-state index in [2.05, 4.69) is 51.2 Å². The van der Waals surface area contributed by atoms with Crippen LogP contribution in [-0.2, 0) is 17.8 Å². The Hall–Kier alpha value is -1.43. The van der Waals surface area contributed by atoms with Crippen LogP contribution >= 0.6 is 15.9 Å². The van der Waals surface area contributed by atoms with E-state index in [1.54, 1.807) is 0 Å². The number of hydrogen-bond donors (Lipinski definition) is 1. The highest BCUT2D eigenvalue weighted by molar-refractivity contribution is 9.11.